The third kappa shape index (κ3) is 4.28. The Hall–Kier alpha value is -2.95. The summed E-state index contributed by atoms with van der Waals surface area (Å²) in [6.07, 6.45) is 2.46. The number of carbonyl (C=O) groups is 2. The Labute approximate surface area is 120 Å². The van der Waals surface area contributed by atoms with Gasteiger partial charge in [-0.1, -0.05) is 12.1 Å². The molecule has 0 aliphatic heterocycles. The van der Waals surface area contributed by atoms with Crippen molar-refractivity contribution in [3.05, 3.63) is 71.6 Å². The largest absolute Gasteiger partial charge is 0.478 e. The van der Waals surface area contributed by atoms with Gasteiger partial charge in [0.15, 0.2) is 0 Å². The van der Waals surface area contributed by atoms with Crippen LogP contribution in [0.5, 0.6) is 0 Å². The molecule has 0 atom stereocenters. The van der Waals surface area contributed by atoms with Crippen molar-refractivity contribution in [2.24, 2.45) is 0 Å². The number of carboxylic acids is 1. The van der Waals surface area contributed by atoms with Crippen LogP contribution in [0.25, 0.3) is 6.08 Å². The SMILES string of the molecule is O=C(O)C=Cc1ccc(C(=O)Nc2ccc(F)cc2)cc1. The molecule has 0 aromatic heterocycles. The first-order chi connectivity index (χ1) is 10.0. The second-order valence-electron chi connectivity index (χ2n) is 4.25. The number of carboxylic acid groups (broad SMARTS) is 1. The molecule has 2 N–H and O–H groups in total. The van der Waals surface area contributed by atoms with E-state index in [9.17, 15) is 14.0 Å². The molecule has 1 amide bonds. The van der Waals surface area contributed by atoms with Crippen LogP contribution < -0.4 is 5.32 Å². The van der Waals surface area contributed by atoms with E-state index < -0.39 is 5.97 Å². The minimum atomic E-state index is -1.03. The molecule has 0 saturated heterocycles. The molecule has 0 aliphatic rings. The Balaban J connectivity index is 2.06. The zero-order valence-corrected chi connectivity index (χ0v) is 10.9. The molecular formula is C16H12FNO3. The fourth-order valence-corrected chi connectivity index (χ4v) is 1.65. The van der Waals surface area contributed by atoms with Gasteiger partial charge in [0.25, 0.3) is 5.91 Å². The lowest BCUT2D eigenvalue weighted by Crippen LogP contribution is -2.11. The standard InChI is InChI=1S/C16H12FNO3/c17-13-6-8-14(9-7-13)18-16(21)12-4-1-11(2-5-12)3-10-15(19)20/h1-10H,(H,18,21)(H,19,20). The van der Waals surface area contributed by atoms with Crippen molar-refractivity contribution in [2.75, 3.05) is 5.32 Å². The lowest BCUT2D eigenvalue weighted by molar-refractivity contribution is -0.131. The maximum Gasteiger partial charge on any atom is 0.328 e. The van der Waals surface area contributed by atoms with Gasteiger partial charge in [-0.15, -0.1) is 0 Å². The summed E-state index contributed by atoms with van der Waals surface area (Å²) in [6, 6.07) is 11.9. The van der Waals surface area contributed by atoms with E-state index in [-0.39, 0.29) is 11.7 Å². The van der Waals surface area contributed by atoms with E-state index in [1.165, 1.54) is 30.3 Å². The van der Waals surface area contributed by atoms with Crippen molar-refractivity contribution in [1.82, 2.24) is 0 Å². The number of benzene rings is 2. The summed E-state index contributed by atoms with van der Waals surface area (Å²) in [7, 11) is 0. The second kappa shape index (κ2) is 6.47. The van der Waals surface area contributed by atoms with Crippen LogP contribution in [0.3, 0.4) is 0 Å². The third-order valence-electron chi connectivity index (χ3n) is 2.69. The molecule has 106 valence electrons. The summed E-state index contributed by atoms with van der Waals surface area (Å²) in [6.45, 7) is 0. The van der Waals surface area contributed by atoms with Gasteiger partial charge in [-0.2, -0.15) is 0 Å². The van der Waals surface area contributed by atoms with Crippen molar-refractivity contribution in [3.63, 3.8) is 0 Å². The van der Waals surface area contributed by atoms with Crippen molar-refractivity contribution in [3.8, 4) is 0 Å². The Morgan fingerprint density at radius 2 is 1.62 bits per heavy atom. The highest BCUT2D eigenvalue weighted by Gasteiger charge is 2.05. The predicted octanol–water partition coefficient (Wildman–Crippen LogP) is 3.18. The molecule has 0 unspecified atom stereocenters. The Bertz CT molecular complexity index is 676. The number of anilines is 1. The first kappa shape index (κ1) is 14.5. The summed E-state index contributed by atoms with van der Waals surface area (Å²) < 4.78 is 12.8. The maximum atomic E-state index is 12.8. The lowest BCUT2D eigenvalue weighted by atomic mass is 10.1. The first-order valence-corrected chi connectivity index (χ1v) is 6.12. The van der Waals surface area contributed by atoms with E-state index in [4.69, 9.17) is 5.11 Å². The van der Waals surface area contributed by atoms with Crippen LogP contribution in [0.1, 0.15) is 15.9 Å². The molecule has 2 rings (SSSR count). The molecule has 21 heavy (non-hydrogen) atoms. The predicted molar refractivity (Wildman–Crippen MR) is 77.5 cm³/mol. The van der Waals surface area contributed by atoms with Crippen LogP contribution in [0.4, 0.5) is 10.1 Å². The van der Waals surface area contributed by atoms with Crippen LogP contribution in [-0.2, 0) is 4.79 Å². The fourth-order valence-electron chi connectivity index (χ4n) is 1.65. The van der Waals surface area contributed by atoms with E-state index >= 15 is 0 Å². The normalized spacial score (nSPS) is 10.5. The van der Waals surface area contributed by atoms with Gasteiger partial charge in [0.1, 0.15) is 5.82 Å². The minimum Gasteiger partial charge on any atom is -0.478 e. The van der Waals surface area contributed by atoms with E-state index in [1.54, 1.807) is 24.3 Å². The van der Waals surface area contributed by atoms with E-state index in [2.05, 4.69) is 5.32 Å². The molecule has 0 radical (unpaired) electrons. The number of nitrogens with one attached hydrogen (secondary N) is 1. The minimum absolute atomic E-state index is 0.324. The smallest absolute Gasteiger partial charge is 0.328 e. The third-order valence-corrected chi connectivity index (χ3v) is 2.69. The highest BCUT2D eigenvalue weighted by molar-refractivity contribution is 6.04. The van der Waals surface area contributed by atoms with Gasteiger partial charge in [-0.05, 0) is 48.0 Å². The van der Waals surface area contributed by atoms with Crippen LogP contribution >= 0.6 is 0 Å². The van der Waals surface area contributed by atoms with Crippen molar-refractivity contribution in [2.45, 2.75) is 0 Å². The number of carbonyl (C=O) groups excluding carboxylic acids is 1. The van der Waals surface area contributed by atoms with Gasteiger partial charge in [0.05, 0.1) is 0 Å². The zero-order chi connectivity index (χ0) is 15.2. The topological polar surface area (TPSA) is 66.4 Å². The number of aliphatic carboxylic acids is 1. The molecule has 2 aromatic carbocycles. The van der Waals surface area contributed by atoms with Gasteiger partial charge in [0, 0.05) is 17.3 Å². The first-order valence-electron chi connectivity index (χ1n) is 6.12. The summed E-state index contributed by atoms with van der Waals surface area (Å²) in [5.74, 6) is -1.73. The van der Waals surface area contributed by atoms with Crippen molar-refractivity contribution in [1.29, 1.82) is 0 Å². The average Bonchev–Trinajstić information content (AvgIpc) is 2.48. The van der Waals surface area contributed by atoms with E-state index in [0.29, 0.717) is 16.8 Å². The molecule has 0 saturated carbocycles. The van der Waals surface area contributed by atoms with Gasteiger partial charge in [-0.25, -0.2) is 9.18 Å². The lowest BCUT2D eigenvalue weighted by Gasteiger charge is -2.05. The molecular weight excluding hydrogens is 273 g/mol. The highest BCUT2D eigenvalue weighted by atomic mass is 19.1. The number of hydrogen-bond donors (Lipinski definition) is 2. The number of hydrogen-bond acceptors (Lipinski definition) is 2. The van der Waals surface area contributed by atoms with Crippen molar-refractivity contribution < 1.29 is 19.1 Å². The van der Waals surface area contributed by atoms with Crippen LogP contribution in [0.15, 0.2) is 54.6 Å². The molecule has 0 fully saturated rings. The molecule has 2 aromatic rings. The number of halogens is 1. The summed E-state index contributed by atoms with van der Waals surface area (Å²) in [5, 5.41) is 11.2. The van der Waals surface area contributed by atoms with E-state index in [0.717, 1.165) is 6.08 Å². The Morgan fingerprint density at radius 3 is 2.19 bits per heavy atom. The zero-order valence-electron chi connectivity index (χ0n) is 10.9. The summed E-state index contributed by atoms with van der Waals surface area (Å²) >= 11 is 0. The Kier molecular flexibility index (Phi) is 4.46. The Morgan fingerprint density at radius 1 is 1.00 bits per heavy atom. The van der Waals surface area contributed by atoms with Gasteiger partial charge < -0.3 is 10.4 Å². The number of rotatable bonds is 4. The van der Waals surface area contributed by atoms with Crippen LogP contribution in [0, 0.1) is 5.82 Å². The highest BCUT2D eigenvalue weighted by Crippen LogP contribution is 2.12. The van der Waals surface area contributed by atoms with Gasteiger partial charge in [-0.3, -0.25) is 4.79 Å². The second-order valence-corrected chi connectivity index (χ2v) is 4.25. The molecule has 0 bridgehead atoms. The summed E-state index contributed by atoms with van der Waals surface area (Å²) in [4.78, 5) is 22.4. The van der Waals surface area contributed by atoms with Gasteiger partial charge >= 0.3 is 5.97 Å². The summed E-state index contributed by atoms with van der Waals surface area (Å²) in [5.41, 5.74) is 1.60. The fraction of sp³-hybridized carbons (Fsp3) is 0. The van der Waals surface area contributed by atoms with Crippen molar-refractivity contribution >= 4 is 23.6 Å². The molecule has 0 aliphatic carbocycles. The van der Waals surface area contributed by atoms with Crippen LogP contribution in [-0.4, -0.2) is 17.0 Å². The molecule has 0 spiro atoms. The monoisotopic (exact) mass is 285 g/mol. The molecule has 5 heteroatoms. The van der Waals surface area contributed by atoms with Crippen LogP contribution in [0.2, 0.25) is 0 Å². The quantitative estimate of drug-likeness (QED) is 0.848. The maximum absolute atomic E-state index is 12.8. The number of amides is 1. The average molecular weight is 285 g/mol. The molecule has 0 heterocycles. The molecule has 4 nitrogen and oxygen atoms in total. The van der Waals surface area contributed by atoms with Gasteiger partial charge in [0.2, 0.25) is 0 Å². The van der Waals surface area contributed by atoms with E-state index in [1.807, 2.05) is 0 Å².